The number of rotatable bonds is 5. The molecule has 128 valence electrons. The molecule has 1 aliphatic heterocycles. The van der Waals surface area contributed by atoms with Gasteiger partial charge in [-0.2, -0.15) is 0 Å². The zero-order valence-electron chi connectivity index (χ0n) is 13.4. The van der Waals surface area contributed by atoms with E-state index in [1.54, 1.807) is 6.20 Å². The Morgan fingerprint density at radius 1 is 1.21 bits per heavy atom. The quantitative estimate of drug-likeness (QED) is 0.858. The van der Waals surface area contributed by atoms with Crippen molar-refractivity contribution in [2.45, 2.75) is 12.8 Å². The number of hydrogen-bond donors (Lipinski definition) is 2. The topological polar surface area (TPSA) is 88.2 Å². The molecule has 0 aliphatic carbocycles. The van der Waals surface area contributed by atoms with Crippen LogP contribution in [0.5, 0.6) is 0 Å². The lowest BCUT2D eigenvalue weighted by Gasteiger charge is -2.11. The molecule has 3 rings (SSSR count). The van der Waals surface area contributed by atoms with E-state index >= 15 is 0 Å². The maximum atomic E-state index is 11.8. The molecule has 2 heterocycles. The Balaban J connectivity index is 1.45. The standard InChI is InChI=1S/C17H21N3O3S/c21-17(20-11-13-7-10-24(22,23)12-13)19-9-6-15-4-1-3-14-5-2-8-18-16(14)15/h1-5,8,13H,6-7,9-12H2,(H2,19,20,21)/t13-/m0/s1. The summed E-state index contributed by atoms with van der Waals surface area (Å²) in [7, 11) is -2.90. The molecule has 0 unspecified atom stereocenters. The molecule has 0 spiro atoms. The maximum absolute atomic E-state index is 11.8. The molecule has 2 aromatic rings. The average Bonchev–Trinajstić information content (AvgIpc) is 2.92. The minimum absolute atomic E-state index is 0.0306. The minimum atomic E-state index is -2.90. The highest BCUT2D eigenvalue weighted by Gasteiger charge is 2.27. The second kappa shape index (κ2) is 7.17. The number of aromatic nitrogens is 1. The number of fused-ring (bicyclic) bond motifs is 1. The van der Waals surface area contributed by atoms with Crippen molar-refractivity contribution >= 4 is 26.8 Å². The number of nitrogens with zero attached hydrogens (tertiary/aromatic N) is 1. The van der Waals surface area contributed by atoms with Crippen LogP contribution in [-0.4, -0.2) is 44.0 Å². The van der Waals surface area contributed by atoms with E-state index in [1.807, 2.05) is 30.3 Å². The Kier molecular flexibility index (Phi) is 4.99. The average molecular weight is 347 g/mol. The molecule has 0 saturated carbocycles. The van der Waals surface area contributed by atoms with E-state index in [9.17, 15) is 13.2 Å². The zero-order valence-corrected chi connectivity index (χ0v) is 14.2. The van der Waals surface area contributed by atoms with Gasteiger partial charge < -0.3 is 10.6 Å². The van der Waals surface area contributed by atoms with Crippen molar-refractivity contribution in [3.05, 3.63) is 42.1 Å². The van der Waals surface area contributed by atoms with Gasteiger partial charge in [-0.15, -0.1) is 0 Å². The van der Waals surface area contributed by atoms with Crippen molar-refractivity contribution < 1.29 is 13.2 Å². The van der Waals surface area contributed by atoms with E-state index in [2.05, 4.69) is 15.6 Å². The van der Waals surface area contributed by atoms with Gasteiger partial charge in [-0.3, -0.25) is 4.98 Å². The van der Waals surface area contributed by atoms with Crippen molar-refractivity contribution in [1.82, 2.24) is 15.6 Å². The Morgan fingerprint density at radius 2 is 2.04 bits per heavy atom. The summed E-state index contributed by atoms with van der Waals surface area (Å²) in [5, 5.41) is 6.65. The van der Waals surface area contributed by atoms with E-state index in [-0.39, 0.29) is 23.5 Å². The highest BCUT2D eigenvalue weighted by Crippen LogP contribution is 2.17. The molecule has 24 heavy (non-hydrogen) atoms. The minimum Gasteiger partial charge on any atom is -0.338 e. The lowest BCUT2D eigenvalue weighted by Crippen LogP contribution is -2.39. The fraction of sp³-hybridized carbons (Fsp3) is 0.412. The summed E-state index contributed by atoms with van der Waals surface area (Å²) in [5.41, 5.74) is 2.05. The van der Waals surface area contributed by atoms with Crippen molar-refractivity contribution in [1.29, 1.82) is 0 Å². The molecule has 1 aromatic carbocycles. The number of carbonyl (C=O) groups is 1. The number of amides is 2. The van der Waals surface area contributed by atoms with Crippen LogP contribution in [0.1, 0.15) is 12.0 Å². The van der Waals surface area contributed by atoms with E-state index in [4.69, 9.17) is 0 Å². The molecular weight excluding hydrogens is 326 g/mol. The van der Waals surface area contributed by atoms with E-state index < -0.39 is 9.84 Å². The summed E-state index contributed by atoms with van der Waals surface area (Å²) >= 11 is 0. The van der Waals surface area contributed by atoms with Gasteiger partial charge in [0.25, 0.3) is 0 Å². The van der Waals surface area contributed by atoms with Crippen LogP contribution in [0.2, 0.25) is 0 Å². The van der Waals surface area contributed by atoms with Gasteiger partial charge in [0.2, 0.25) is 0 Å². The van der Waals surface area contributed by atoms with Crippen LogP contribution >= 0.6 is 0 Å². The van der Waals surface area contributed by atoms with Crippen LogP contribution in [0.4, 0.5) is 4.79 Å². The van der Waals surface area contributed by atoms with Crippen LogP contribution in [0.15, 0.2) is 36.5 Å². The smallest absolute Gasteiger partial charge is 0.314 e. The van der Waals surface area contributed by atoms with E-state index in [0.29, 0.717) is 25.9 Å². The molecule has 6 nitrogen and oxygen atoms in total. The lowest BCUT2D eigenvalue weighted by atomic mass is 10.1. The summed E-state index contributed by atoms with van der Waals surface area (Å²) < 4.78 is 22.8. The molecule has 1 aliphatic rings. The van der Waals surface area contributed by atoms with Gasteiger partial charge in [0.15, 0.2) is 9.84 Å². The van der Waals surface area contributed by atoms with Crippen molar-refractivity contribution in [3.63, 3.8) is 0 Å². The predicted molar refractivity (Wildman–Crippen MR) is 93.6 cm³/mol. The number of pyridine rings is 1. The molecule has 7 heteroatoms. The summed E-state index contributed by atoms with van der Waals surface area (Å²) in [6.07, 6.45) is 3.09. The molecule has 1 aromatic heterocycles. The van der Waals surface area contributed by atoms with Crippen LogP contribution in [-0.2, 0) is 16.3 Å². The third-order valence-corrected chi connectivity index (χ3v) is 6.11. The molecule has 1 saturated heterocycles. The van der Waals surface area contributed by atoms with Gasteiger partial charge in [0, 0.05) is 24.7 Å². The SMILES string of the molecule is O=C(NCCc1cccc2cccnc12)NC[C@@H]1CCS(=O)(=O)C1. The van der Waals surface area contributed by atoms with Gasteiger partial charge in [-0.1, -0.05) is 24.3 Å². The number of sulfone groups is 1. The fourth-order valence-electron chi connectivity index (χ4n) is 3.01. The second-order valence-corrected chi connectivity index (χ2v) is 8.38. The first-order valence-corrected chi connectivity index (χ1v) is 9.90. The molecule has 1 fully saturated rings. The normalized spacial score (nSPS) is 19.2. The third-order valence-electron chi connectivity index (χ3n) is 4.27. The molecule has 2 amide bonds. The van der Waals surface area contributed by atoms with Gasteiger partial charge in [-0.05, 0) is 30.4 Å². The Hall–Kier alpha value is -2.15. The van der Waals surface area contributed by atoms with E-state index in [1.165, 1.54) is 0 Å². The number of carbonyl (C=O) groups excluding carboxylic acids is 1. The van der Waals surface area contributed by atoms with Crippen LogP contribution in [0.3, 0.4) is 0 Å². The highest BCUT2D eigenvalue weighted by molar-refractivity contribution is 7.91. The second-order valence-electron chi connectivity index (χ2n) is 6.15. The first-order valence-electron chi connectivity index (χ1n) is 8.08. The fourth-order valence-corrected chi connectivity index (χ4v) is 4.87. The van der Waals surface area contributed by atoms with Crippen LogP contribution in [0, 0.1) is 5.92 Å². The molecular formula is C17H21N3O3S. The van der Waals surface area contributed by atoms with Gasteiger partial charge >= 0.3 is 6.03 Å². The monoisotopic (exact) mass is 347 g/mol. The predicted octanol–water partition coefficient (Wildman–Crippen LogP) is 1.51. The van der Waals surface area contributed by atoms with Crippen molar-refractivity contribution in [3.8, 4) is 0 Å². The number of para-hydroxylation sites is 1. The number of urea groups is 1. The Labute approximate surface area is 141 Å². The zero-order chi connectivity index (χ0) is 17.0. The maximum Gasteiger partial charge on any atom is 0.314 e. The summed E-state index contributed by atoms with van der Waals surface area (Å²) in [4.78, 5) is 16.2. The highest BCUT2D eigenvalue weighted by atomic mass is 32.2. The number of benzene rings is 1. The third kappa shape index (κ3) is 4.23. The molecule has 0 bridgehead atoms. The Morgan fingerprint density at radius 3 is 2.83 bits per heavy atom. The van der Waals surface area contributed by atoms with Crippen molar-refractivity contribution in [2.24, 2.45) is 5.92 Å². The van der Waals surface area contributed by atoms with Crippen LogP contribution < -0.4 is 10.6 Å². The van der Waals surface area contributed by atoms with Crippen molar-refractivity contribution in [2.75, 3.05) is 24.6 Å². The Bertz CT molecular complexity index is 831. The summed E-state index contributed by atoms with van der Waals surface area (Å²) in [5.74, 6) is 0.437. The van der Waals surface area contributed by atoms with Gasteiger partial charge in [0.05, 0.1) is 17.0 Å². The first kappa shape index (κ1) is 16.7. The number of nitrogens with one attached hydrogen (secondary N) is 2. The summed E-state index contributed by atoms with van der Waals surface area (Å²) in [6.45, 7) is 0.908. The summed E-state index contributed by atoms with van der Waals surface area (Å²) in [6, 6.07) is 9.68. The lowest BCUT2D eigenvalue weighted by molar-refractivity contribution is 0.239. The number of hydrogen-bond acceptors (Lipinski definition) is 4. The molecule has 2 N–H and O–H groups in total. The first-order chi connectivity index (χ1) is 11.5. The van der Waals surface area contributed by atoms with Gasteiger partial charge in [-0.25, -0.2) is 13.2 Å². The van der Waals surface area contributed by atoms with Crippen LogP contribution in [0.25, 0.3) is 10.9 Å². The molecule has 1 atom stereocenters. The van der Waals surface area contributed by atoms with E-state index in [0.717, 1.165) is 16.5 Å². The van der Waals surface area contributed by atoms with Gasteiger partial charge in [0.1, 0.15) is 0 Å². The molecule has 0 radical (unpaired) electrons. The largest absolute Gasteiger partial charge is 0.338 e.